The lowest BCUT2D eigenvalue weighted by Gasteiger charge is -2.09. The summed E-state index contributed by atoms with van der Waals surface area (Å²) in [6.07, 6.45) is 1.47. The molecule has 1 aromatic heterocycles. The molecule has 1 aromatic carbocycles. The molecule has 1 heterocycles. The Bertz CT molecular complexity index is 642. The minimum absolute atomic E-state index is 0.183. The van der Waals surface area contributed by atoms with Crippen molar-refractivity contribution in [3.8, 4) is 0 Å². The number of nitrogens with zero attached hydrogens (tertiary/aromatic N) is 1. The van der Waals surface area contributed by atoms with Gasteiger partial charge in [-0.25, -0.2) is 13.4 Å². The second-order valence-electron chi connectivity index (χ2n) is 3.88. The lowest BCUT2D eigenvalue weighted by Crippen LogP contribution is -2.13. The molecule has 0 saturated carbocycles. The molecule has 100 valence electrons. The Morgan fingerprint density at radius 1 is 1.16 bits per heavy atom. The van der Waals surface area contributed by atoms with E-state index in [1.54, 1.807) is 24.3 Å². The van der Waals surface area contributed by atoms with Crippen LogP contribution in [0.2, 0.25) is 0 Å². The van der Waals surface area contributed by atoms with Crippen LogP contribution in [-0.4, -0.2) is 19.9 Å². The summed E-state index contributed by atoms with van der Waals surface area (Å²) in [4.78, 5) is 4.23. The van der Waals surface area contributed by atoms with Crippen LogP contribution in [0.1, 0.15) is 6.92 Å². The first kappa shape index (κ1) is 13.4. The van der Waals surface area contributed by atoms with Gasteiger partial charge in [0.25, 0.3) is 10.0 Å². The highest BCUT2D eigenvalue weighted by Gasteiger charge is 2.14. The third kappa shape index (κ3) is 3.45. The van der Waals surface area contributed by atoms with Crippen molar-refractivity contribution >= 4 is 21.5 Å². The summed E-state index contributed by atoms with van der Waals surface area (Å²) < 4.78 is 26.9. The lowest BCUT2D eigenvalue weighted by atomic mass is 10.3. The third-order valence-electron chi connectivity index (χ3n) is 2.43. The first-order valence-electron chi connectivity index (χ1n) is 5.89. The Balaban J connectivity index is 2.27. The zero-order valence-electron chi connectivity index (χ0n) is 10.5. The van der Waals surface area contributed by atoms with Crippen LogP contribution < -0.4 is 10.0 Å². The quantitative estimate of drug-likeness (QED) is 0.879. The summed E-state index contributed by atoms with van der Waals surface area (Å²) in [5, 5.41) is 2.98. The zero-order chi connectivity index (χ0) is 13.7. The summed E-state index contributed by atoms with van der Waals surface area (Å²) in [5.74, 6) is 0.540. The number of hydrogen-bond donors (Lipinski definition) is 2. The van der Waals surface area contributed by atoms with Crippen molar-refractivity contribution < 1.29 is 8.42 Å². The standard InChI is InChI=1S/C13H15N3O2S/c1-2-14-13-10-12(8-9-15-13)19(17,18)16-11-6-4-3-5-7-11/h3-10,16H,2H2,1H3,(H,14,15). The van der Waals surface area contributed by atoms with Gasteiger partial charge in [-0.05, 0) is 25.1 Å². The maximum Gasteiger partial charge on any atom is 0.262 e. The largest absolute Gasteiger partial charge is 0.370 e. The van der Waals surface area contributed by atoms with E-state index in [0.717, 1.165) is 0 Å². The third-order valence-corrected chi connectivity index (χ3v) is 3.80. The molecule has 0 atom stereocenters. The zero-order valence-corrected chi connectivity index (χ0v) is 11.3. The molecule has 5 nitrogen and oxygen atoms in total. The van der Waals surface area contributed by atoms with E-state index in [-0.39, 0.29) is 4.90 Å². The SMILES string of the molecule is CCNc1cc(S(=O)(=O)Nc2ccccc2)ccn1. The minimum Gasteiger partial charge on any atom is -0.370 e. The molecule has 0 unspecified atom stereocenters. The monoisotopic (exact) mass is 277 g/mol. The van der Waals surface area contributed by atoms with Crippen LogP contribution in [0.5, 0.6) is 0 Å². The molecular weight excluding hydrogens is 262 g/mol. The molecule has 0 radical (unpaired) electrons. The summed E-state index contributed by atoms with van der Waals surface area (Å²) in [5.41, 5.74) is 0.532. The second-order valence-corrected chi connectivity index (χ2v) is 5.56. The average molecular weight is 277 g/mol. The van der Waals surface area contributed by atoms with Crippen LogP contribution in [0.3, 0.4) is 0 Å². The van der Waals surface area contributed by atoms with Crippen LogP contribution >= 0.6 is 0 Å². The van der Waals surface area contributed by atoms with Gasteiger partial charge in [0.2, 0.25) is 0 Å². The van der Waals surface area contributed by atoms with E-state index in [1.807, 2.05) is 13.0 Å². The van der Waals surface area contributed by atoms with Crippen molar-refractivity contribution in [3.05, 3.63) is 48.7 Å². The minimum atomic E-state index is -3.58. The maximum atomic E-state index is 12.2. The van der Waals surface area contributed by atoms with E-state index < -0.39 is 10.0 Å². The number of para-hydroxylation sites is 1. The van der Waals surface area contributed by atoms with Crippen molar-refractivity contribution in [1.29, 1.82) is 0 Å². The van der Waals surface area contributed by atoms with Crippen LogP contribution in [0.15, 0.2) is 53.6 Å². The molecule has 0 amide bonds. The Labute approximate surface area is 112 Å². The van der Waals surface area contributed by atoms with Gasteiger partial charge in [-0.2, -0.15) is 0 Å². The predicted octanol–water partition coefficient (Wildman–Crippen LogP) is 2.31. The van der Waals surface area contributed by atoms with Crippen LogP contribution in [0.4, 0.5) is 11.5 Å². The molecule has 0 bridgehead atoms. The summed E-state index contributed by atoms with van der Waals surface area (Å²) in [6.45, 7) is 2.60. The maximum absolute atomic E-state index is 12.2. The van der Waals surface area contributed by atoms with Crippen molar-refractivity contribution in [2.75, 3.05) is 16.6 Å². The first-order chi connectivity index (χ1) is 9.12. The fraction of sp³-hybridized carbons (Fsp3) is 0.154. The molecule has 0 saturated heterocycles. The molecule has 2 N–H and O–H groups in total. The van der Waals surface area contributed by atoms with Crippen LogP contribution in [-0.2, 0) is 10.0 Å². The lowest BCUT2D eigenvalue weighted by molar-refractivity contribution is 0.601. The van der Waals surface area contributed by atoms with Crippen molar-refractivity contribution in [3.63, 3.8) is 0 Å². The van der Waals surface area contributed by atoms with Crippen molar-refractivity contribution in [2.45, 2.75) is 11.8 Å². The first-order valence-corrected chi connectivity index (χ1v) is 7.38. The molecule has 6 heteroatoms. The van der Waals surface area contributed by atoms with Crippen molar-refractivity contribution in [1.82, 2.24) is 4.98 Å². The highest BCUT2D eigenvalue weighted by Crippen LogP contribution is 2.17. The molecule has 2 aromatic rings. The highest BCUT2D eigenvalue weighted by molar-refractivity contribution is 7.92. The molecule has 2 rings (SSSR count). The van der Waals surface area contributed by atoms with Gasteiger partial charge < -0.3 is 5.32 Å². The van der Waals surface area contributed by atoms with E-state index in [1.165, 1.54) is 18.3 Å². The average Bonchev–Trinajstić information content (AvgIpc) is 2.40. The van der Waals surface area contributed by atoms with Gasteiger partial charge >= 0.3 is 0 Å². The smallest absolute Gasteiger partial charge is 0.262 e. The highest BCUT2D eigenvalue weighted by atomic mass is 32.2. The molecular formula is C13H15N3O2S. The number of pyridine rings is 1. The number of sulfonamides is 1. The van der Waals surface area contributed by atoms with Crippen molar-refractivity contribution in [2.24, 2.45) is 0 Å². The van der Waals surface area contributed by atoms with Gasteiger partial charge in [-0.15, -0.1) is 0 Å². The van der Waals surface area contributed by atoms with Gasteiger partial charge in [-0.3, -0.25) is 4.72 Å². The molecule has 19 heavy (non-hydrogen) atoms. The Kier molecular flexibility index (Phi) is 4.01. The number of hydrogen-bond acceptors (Lipinski definition) is 4. The normalized spacial score (nSPS) is 11.0. The van der Waals surface area contributed by atoms with Crippen LogP contribution in [0.25, 0.3) is 0 Å². The fourth-order valence-electron chi connectivity index (χ4n) is 1.58. The number of benzene rings is 1. The molecule has 0 aliphatic heterocycles. The predicted molar refractivity (Wildman–Crippen MR) is 75.7 cm³/mol. The van der Waals surface area contributed by atoms with Gasteiger partial charge in [-0.1, -0.05) is 18.2 Å². The van der Waals surface area contributed by atoms with E-state index in [0.29, 0.717) is 18.1 Å². The second kappa shape index (κ2) is 5.71. The Morgan fingerprint density at radius 3 is 2.58 bits per heavy atom. The fourth-order valence-corrected chi connectivity index (χ4v) is 2.65. The van der Waals surface area contributed by atoms with E-state index >= 15 is 0 Å². The molecule has 0 aliphatic carbocycles. The number of aromatic nitrogens is 1. The summed E-state index contributed by atoms with van der Waals surface area (Å²) in [6, 6.07) is 11.7. The van der Waals surface area contributed by atoms with E-state index in [2.05, 4.69) is 15.0 Å². The van der Waals surface area contributed by atoms with Gasteiger partial charge in [0.05, 0.1) is 4.90 Å². The number of nitrogens with one attached hydrogen (secondary N) is 2. The number of anilines is 2. The topological polar surface area (TPSA) is 71.1 Å². The molecule has 0 fully saturated rings. The van der Waals surface area contributed by atoms with Gasteiger partial charge in [0, 0.05) is 24.5 Å². The van der Waals surface area contributed by atoms with Gasteiger partial charge in [0.1, 0.15) is 5.82 Å². The Hall–Kier alpha value is -2.08. The Morgan fingerprint density at radius 2 is 1.89 bits per heavy atom. The number of rotatable bonds is 5. The van der Waals surface area contributed by atoms with E-state index in [4.69, 9.17) is 0 Å². The van der Waals surface area contributed by atoms with Gasteiger partial charge in [0.15, 0.2) is 0 Å². The summed E-state index contributed by atoms with van der Waals surface area (Å²) >= 11 is 0. The summed E-state index contributed by atoms with van der Waals surface area (Å²) in [7, 11) is -3.58. The molecule has 0 spiro atoms. The van der Waals surface area contributed by atoms with E-state index in [9.17, 15) is 8.42 Å². The van der Waals surface area contributed by atoms with Crippen LogP contribution in [0, 0.1) is 0 Å². The molecule has 0 aliphatic rings.